The van der Waals surface area contributed by atoms with E-state index in [4.69, 9.17) is 19.1 Å². The fourth-order valence-corrected chi connectivity index (χ4v) is 6.40. The Bertz CT molecular complexity index is 1180. The van der Waals surface area contributed by atoms with E-state index < -0.39 is 51.8 Å². The highest BCUT2D eigenvalue weighted by Crippen LogP contribution is 2.43. The Labute approximate surface area is 346 Å². The lowest BCUT2D eigenvalue weighted by Gasteiger charge is -2.20. The minimum Gasteiger partial charge on any atom is -0.462 e. The van der Waals surface area contributed by atoms with Crippen LogP contribution >= 0.6 is 7.82 Å². The number of hydrogen-bond acceptors (Lipinski definition) is 9. The number of unbranched alkanes of at least 4 members (excludes halogenated alkanes) is 18. The van der Waals surface area contributed by atoms with E-state index in [0.717, 1.165) is 32.1 Å². The summed E-state index contributed by atoms with van der Waals surface area (Å²) in [6.07, 6.45) is 47.5. The number of phosphoric acid groups is 1. The van der Waals surface area contributed by atoms with E-state index in [0.29, 0.717) is 19.3 Å². The average molecular weight is 823 g/mol. The van der Waals surface area contributed by atoms with Gasteiger partial charge in [0.25, 0.3) is 0 Å². The van der Waals surface area contributed by atoms with Gasteiger partial charge in [-0.3, -0.25) is 18.6 Å². The van der Waals surface area contributed by atoms with Crippen molar-refractivity contribution in [2.75, 3.05) is 26.4 Å². The van der Waals surface area contributed by atoms with Crippen LogP contribution in [0, 0.1) is 0 Å². The smallest absolute Gasteiger partial charge is 0.462 e. The van der Waals surface area contributed by atoms with E-state index in [9.17, 15) is 24.2 Å². The second kappa shape index (κ2) is 41.6. The number of esters is 2. The van der Waals surface area contributed by atoms with Gasteiger partial charge in [0, 0.05) is 12.8 Å². The van der Waals surface area contributed by atoms with Crippen LogP contribution in [0.4, 0.5) is 0 Å². The lowest BCUT2D eigenvalue weighted by atomic mass is 10.1. The molecule has 0 amide bonds. The van der Waals surface area contributed by atoms with Gasteiger partial charge in [-0.15, -0.1) is 0 Å². The SMILES string of the molecule is CC/C=C/C=C/C=C/C=C/C=C/CCCC(=O)OC(COC(=O)CCCCCCCCC/C=C/CCCCCCCCCCCC)COP(=O)(O)OC[C@H](O)CO. The van der Waals surface area contributed by atoms with Crippen LogP contribution in [-0.4, -0.2) is 65.7 Å². The molecule has 11 heteroatoms. The van der Waals surface area contributed by atoms with Gasteiger partial charge >= 0.3 is 19.8 Å². The lowest BCUT2D eigenvalue weighted by Crippen LogP contribution is -2.29. The van der Waals surface area contributed by atoms with Gasteiger partial charge in [0.05, 0.1) is 19.8 Å². The van der Waals surface area contributed by atoms with Crippen molar-refractivity contribution in [1.82, 2.24) is 0 Å². The molecule has 0 aliphatic heterocycles. The van der Waals surface area contributed by atoms with E-state index >= 15 is 0 Å². The summed E-state index contributed by atoms with van der Waals surface area (Å²) >= 11 is 0. The third-order valence-corrected chi connectivity index (χ3v) is 9.92. The molecule has 0 fully saturated rings. The summed E-state index contributed by atoms with van der Waals surface area (Å²) in [6.45, 7) is 2.14. The fraction of sp³-hybridized carbons (Fsp3) is 0.696. The molecule has 0 rings (SSSR count). The van der Waals surface area contributed by atoms with Crippen LogP contribution in [0.3, 0.4) is 0 Å². The molecule has 0 aromatic carbocycles. The maximum Gasteiger partial charge on any atom is 0.472 e. The number of hydrogen-bond donors (Lipinski definition) is 3. The summed E-state index contributed by atoms with van der Waals surface area (Å²) in [6, 6.07) is 0. The van der Waals surface area contributed by atoms with Gasteiger partial charge in [0.15, 0.2) is 6.10 Å². The molecule has 3 atom stereocenters. The van der Waals surface area contributed by atoms with Gasteiger partial charge < -0.3 is 24.6 Å². The normalized spacial score (nSPS) is 14.5. The van der Waals surface area contributed by atoms with Crippen molar-refractivity contribution >= 4 is 19.8 Å². The molecule has 0 aliphatic rings. The maximum atomic E-state index is 12.5. The third-order valence-electron chi connectivity index (χ3n) is 8.97. The summed E-state index contributed by atoms with van der Waals surface area (Å²) in [5.74, 6) is -1.02. The fourth-order valence-electron chi connectivity index (χ4n) is 5.61. The molecule has 0 saturated heterocycles. The molecule has 0 aliphatic carbocycles. The van der Waals surface area contributed by atoms with Crippen LogP contribution in [0.5, 0.6) is 0 Å². The molecule has 10 nitrogen and oxygen atoms in total. The first kappa shape index (κ1) is 54.4. The molecule has 0 bridgehead atoms. The molecule has 0 saturated carbocycles. The monoisotopic (exact) mass is 823 g/mol. The second-order valence-corrected chi connectivity index (χ2v) is 15.9. The number of carbonyl (C=O) groups excluding carboxylic acids is 2. The van der Waals surface area contributed by atoms with Crippen molar-refractivity contribution in [3.05, 3.63) is 72.9 Å². The summed E-state index contributed by atoms with van der Waals surface area (Å²) in [5, 5.41) is 18.3. The molecule has 0 aromatic rings. The molecule has 0 aromatic heterocycles. The van der Waals surface area contributed by atoms with Crippen LogP contribution in [0.1, 0.15) is 168 Å². The van der Waals surface area contributed by atoms with Gasteiger partial charge in [-0.25, -0.2) is 4.57 Å². The van der Waals surface area contributed by atoms with Crippen LogP contribution in [0.25, 0.3) is 0 Å². The Kier molecular flexibility index (Phi) is 39.7. The Hall–Kier alpha value is -2.59. The number of ether oxygens (including phenoxy) is 2. The van der Waals surface area contributed by atoms with Crippen LogP contribution in [0.2, 0.25) is 0 Å². The molecule has 2 unspecified atom stereocenters. The summed E-state index contributed by atoms with van der Waals surface area (Å²) in [7, 11) is -4.64. The standard InChI is InChI=1S/C46H79O10P/c1-3-5-7-9-11-13-15-17-18-19-20-21-22-23-24-26-27-29-31-33-35-37-45(49)53-41-44(42-55-57(51,52)54-40-43(48)39-47)56-46(50)38-36-34-32-30-28-25-16-14-12-10-8-6-4-2/h6,8,10,12,14,16,21-22,25,28,30,32,43-44,47-48H,3-5,7,9,11,13,15,17-20,23-24,26-27,29,31,33-42H2,1-2H3,(H,51,52)/b8-6+,12-10+,16-14+,22-21+,28-25+,32-30+/t43-,44?/m1/s1. The first-order valence-corrected chi connectivity index (χ1v) is 23.5. The highest BCUT2D eigenvalue weighted by molar-refractivity contribution is 7.47. The summed E-state index contributed by atoms with van der Waals surface area (Å²) in [4.78, 5) is 34.9. The van der Waals surface area contributed by atoms with Crippen molar-refractivity contribution in [2.24, 2.45) is 0 Å². The van der Waals surface area contributed by atoms with Crippen molar-refractivity contribution in [2.45, 2.75) is 180 Å². The van der Waals surface area contributed by atoms with E-state index in [-0.39, 0.29) is 19.4 Å². The highest BCUT2D eigenvalue weighted by Gasteiger charge is 2.27. The van der Waals surface area contributed by atoms with E-state index in [1.54, 1.807) is 0 Å². The van der Waals surface area contributed by atoms with Gasteiger partial charge in [0.2, 0.25) is 0 Å². The molecular weight excluding hydrogens is 743 g/mol. The van der Waals surface area contributed by atoms with Crippen molar-refractivity contribution in [3.63, 3.8) is 0 Å². The van der Waals surface area contributed by atoms with Crippen molar-refractivity contribution in [1.29, 1.82) is 0 Å². The quantitative estimate of drug-likeness (QED) is 0.0179. The van der Waals surface area contributed by atoms with Crippen molar-refractivity contribution < 1.29 is 47.8 Å². The lowest BCUT2D eigenvalue weighted by molar-refractivity contribution is -0.161. The Morgan fingerprint density at radius 3 is 1.54 bits per heavy atom. The second-order valence-electron chi connectivity index (χ2n) is 14.5. The molecule has 57 heavy (non-hydrogen) atoms. The number of aliphatic hydroxyl groups excluding tert-OH is 2. The maximum absolute atomic E-state index is 12.5. The molecule has 0 radical (unpaired) electrons. The van der Waals surface area contributed by atoms with Gasteiger partial charge in [-0.2, -0.15) is 0 Å². The summed E-state index contributed by atoms with van der Waals surface area (Å²) in [5.41, 5.74) is 0. The predicted octanol–water partition coefficient (Wildman–Crippen LogP) is 11.7. The number of aliphatic hydroxyl groups is 2. The van der Waals surface area contributed by atoms with Gasteiger partial charge in [0.1, 0.15) is 12.7 Å². The average Bonchev–Trinajstić information content (AvgIpc) is 3.20. The molecule has 3 N–H and O–H groups in total. The molecule has 0 spiro atoms. The first-order chi connectivity index (χ1) is 27.7. The largest absolute Gasteiger partial charge is 0.472 e. The highest BCUT2D eigenvalue weighted by atomic mass is 31.2. The predicted molar refractivity (Wildman–Crippen MR) is 233 cm³/mol. The first-order valence-electron chi connectivity index (χ1n) is 22.0. The molecule has 328 valence electrons. The van der Waals surface area contributed by atoms with Gasteiger partial charge in [-0.1, -0.05) is 177 Å². The molecular formula is C46H79O10P. The minimum absolute atomic E-state index is 0.0839. The molecule has 0 heterocycles. The number of rotatable bonds is 40. The third kappa shape index (κ3) is 41.4. The van der Waals surface area contributed by atoms with E-state index in [1.165, 1.54) is 89.9 Å². The number of phosphoric ester groups is 1. The van der Waals surface area contributed by atoms with Gasteiger partial charge in [-0.05, 0) is 51.4 Å². The summed E-state index contributed by atoms with van der Waals surface area (Å²) < 4.78 is 32.6. The van der Waals surface area contributed by atoms with E-state index in [2.05, 4.69) is 36.6 Å². The number of carbonyl (C=O) groups is 2. The zero-order chi connectivity index (χ0) is 41.9. The minimum atomic E-state index is -4.64. The van der Waals surface area contributed by atoms with Crippen LogP contribution in [0.15, 0.2) is 72.9 Å². The Balaban J connectivity index is 4.31. The zero-order valence-electron chi connectivity index (χ0n) is 35.5. The van der Waals surface area contributed by atoms with Crippen molar-refractivity contribution in [3.8, 4) is 0 Å². The van der Waals surface area contributed by atoms with Crippen LogP contribution in [-0.2, 0) is 32.7 Å². The van der Waals surface area contributed by atoms with Crippen LogP contribution < -0.4 is 0 Å². The Morgan fingerprint density at radius 1 is 0.544 bits per heavy atom. The van der Waals surface area contributed by atoms with E-state index in [1.807, 2.05) is 54.7 Å². The number of allylic oxidation sites excluding steroid dienone is 12. The zero-order valence-corrected chi connectivity index (χ0v) is 36.4. The topological polar surface area (TPSA) is 149 Å². The Morgan fingerprint density at radius 2 is 1.00 bits per heavy atom.